The van der Waals surface area contributed by atoms with Crippen LogP contribution >= 0.6 is 0 Å². The van der Waals surface area contributed by atoms with Gasteiger partial charge in [0.15, 0.2) is 23.4 Å². The number of ketones is 3. The number of esters is 1. The minimum absolute atomic E-state index is 0.0401. The molecule has 354 valence electrons. The molecule has 3 atom stereocenters. The molecule has 0 aromatic heterocycles. The highest BCUT2D eigenvalue weighted by atomic mass is 16.6. The van der Waals surface area contributed by atoms with Gasteiger partial charge in [0.2, 0.25) is 0 Å². The second kappa shape index (κ2) is 23.6. The summed E-state index contributed by atoms with van der Waals surface area (Å²) >= 11 is 0. The largest absolute Gasteiger partial charge is 0.511 e. The number of nitrogens with zero attached hydrogens (tertiary/aromatic N) is 1. The van der Waals surface area contributed by atoms with E-state index in [1.165, 1.54) is 7.11 Å². The van der Waals surface area contributed by atoms with Crippen molar-refractivity contribution in [1.29, 1.82) is 0 Å². The number of carbonyl (C=O) groups is 6. The van der Waals surface area contributed by atoms with E-state index in [1.807, 2.05) is 133 Å². The summed E-state index contributed by atoms with van der Waals surface area (Å²) in [6.45, 7) is 14.9. The van der Waals surface area contributed by atoms with E-state index in [9.17, 15) is 39.0 Å². The number of ether oxygens (including phenoxy) is 3. The zero-order valence-corrected chi connectivity index (χ0v) is 39.5. The summed E-state index contributed by atoms with van der Waals surface area (Å²) in [6, 6.07) is 25.1. The topological polar surface area (TPSA) is 207 Å². The van der Waals surface area contributed by atoms with Crippen molar-refractivity contribution in [3.05, 3.63) is 130 Å². The number of hydrogen-bond acceptors (Lipinski definition) is 12. The lowest BCUT2D eigenvalue weighted by atomic mass is 9.73. The summed E-state index contributed by atoms with van der Waals surface area (Å²) in [4.78, 5) is 80.9. The van der Waals surface area contributed by atoms with Crippen molar-refractivity contribution in [2.75, 3.05) is 7.11 Å². The molecule has 2 amide bonds. The minimum atomic E-state index is -1.00. The Morgan fingerprint density at radius 1 is 0.636 bits per heavy atom. The van der Waals surface area contributed by atoms with Crippen molar-refractivity contribution in [3.8, 4) is 0 Å². The molecule has 14 heteroatoms. The van der Waals surface area contributed by atoms with Gasteiger partial charge in [-0.25, -0.2) is 14.4 Å². The summed E-state index contributed by atoms with van der Waals surface area (Å²) < 4.78 is 15.7. The zero-order valence-electron chi connectivity index (χ0n) is 39.5. The minimum Gasteiger partial charge on any atom is -0.511 e. The number of methoxy groups -OCH3 is 1. The third-order valence-corrected chi connectivity index (χ3v) is 11.1. The van der Waals surface area contributed by atoms with Crippen LogP contribution in [0.4, 0.5) is 9.59 Å². The number of carbonyl (C=O) groups excluding carboxylic acids is 6. The molecule has 0 spiro atoms. The third-order valence-electron chi connectivity index (χ3n) is 11.1. The number of benzene rings is 3. The monoisotopic (exact) mass is 907 g/mol. The lowest BCUT2D eigenvalue weighted by molar-refractivity contribution is -0.142. The van der Waals surface area contributed by atoms with Crippen LogP contribution in [0.1, 0.15) is 97.8 Å². The first-order valence-electron chi connectivity index (χ1n) is 22.2. The standard InChI is InChI=1S/C31H38N2O6.C21H27NO5/c1-20(2)27(33-30(37)39-19-22-14-10-7-11-15-22)28(26-24(34)17-31(3,4)18-25(26)35)32-23(29(36)38-5)16-21-12-8-6-9-13-21;1-13(2)18(22-20(26)27-12-14-8-6-5-7-9-14)19(25)17-15(23)10-21(3,4)11-16(17)24/h6-15,20,23,27,34H,16-19H2,1-5H3,(H,33,37);5-9,13,18,25H,10-12H2,1-4H3,(H,22,26)/t23-,27?;/m0./s1. The van der Waals surface area contributed by atoms with Gasteiger partial charge in [0, 0.05) is 32.1 Å². The molecular weight excluding hydrogens is 843 g/mol. The van der Waals surface area contributed by atoms with Gasteiger partial charge >= 0.3 is 18.2 Å². The molecule has 1 fully saturated rings. The molecule has 4 N–H and O–H groups in total. The zero-order chi connectivity index (χ0) is 48.8. The lowest BCUT2D eigenvalue weighted by Crippen LogP contribution is -2.48. The number of Topliss-reactive ketones (excluding diaryl/α,β-unsaturated/α-hetero) is 3. The number of hydrogen-bond donors (Lipinski definition) is 4. The Morgan fingerprint density at radius 2 is 1.05 bits per heavy atom. The van der Waals surface area contributed by atoms with E-state index in [0.717, 1.165) is 16.7 Å². The highest BCUT2D eigenvalue weighted by Crippen LogP contribution is 2.38. The number of rotatable bonds is 15. The molecule has 2 aliphatic carbocycles. The predicted molar refractivity (Wildman–Crippen MR) is 251 cm³/mol. The summed E-state index contributed by atoms with van der Waals surface area (Å²) in [5, 5.41) is 27.1. The Kier molecular flexibility index (Phi) is 18.6. The summed E-state index contributed by atoms with van der Waals surface area (Å²) in [6.07, 6.45) is -0.391. The Labute approximate surface area is 387 Å². The lowest BCUT2D eigenvalue weighted by Gasteiger charge is -2.33. The molecule has 2 aliphatic rings. The van der Waals surface area contributed by atoms with Crippen molar-refractivity contribution < 1.29 is 53.2 Å². The van der Waals surface area contributed by atoms with Crippen LogP contribution in [0.3, 0.4) is 0 Å². The van der Waals surface area contributed by atoms with Crippen LogP contribution in [0.2, 0.25) is 0 Å². The summed E-state index contributed by atoms with van der Waals surface area (Å²) in [7, 11) is 1.28. The van der Waals surface area contributed by atoms with Crippen LogP contribution in [0, 0.1) is 22.7 Å². The van der Waals surface area contributed by atoms with E-state index in [2.05, 4.69) is 10.6 Å². The molecule has 2 unspecified atom stereocenters. The highest BCUT2D eigenvalue weighted by molar-refractivity contribution is 6.26. The molecule has 0 saturated heterocycles. The maximum Gasteiger partial charge on any atom is 0.408 e. The molecule has 0 radical (unpaired) electrons. The van der Waals surface area contributed by atoms with Gasteiger partial charge in [-0.15, -0.1) is 0 Å². The quantitative estimate of drug-likeness (QED) is 0.0283. The molecule has 3 aromatic rings. The Hall–Kier alpha value is -6.57. The van der Waals surface area contributed by atoms with Crippen LogP contribution in [0.15, 0.2) is 119 Å². The second-order valence-electron chi connectivity index (χ2n) is 19.0. The normalized spacial score (nSPS) is 17.2. The maximum atomic E-state index is 13.4. The van der Waals surface area contributed by atoms with E-state index >= 15 is 0 Å². The highest BCUT2D eigenvalue weighted by Gasteiger charge is 2.41. The van der Waals surface area contributed by atoms with Crippen molar-refractivity contribution in [3.63, 3.8) is 0 Å². The van der Waals surface area contributed by atoms with Crippen molar-refractivity contribution in [1.82, 2.24) is 10.6 Å². The van der Waals surface area contributed by atoms with Gasteiger partial charge < -0.3 is 35.1 Å². The van der Waals surface area contributed by atoms with E-state index < -0.39 is 47.1 Å². The molecule has 1 saturated carbocycles. The van der Waals surface area contributed by atoms with Crippen LogP contribution < -0.4 is 10.6 Å². The molecule has 5 rings (SSSR count). The predicted octanol–water partition coefficient (Wildman–Crippen LogP) is 9.07. The average molecular weight is 908 g/mol. The summed E-state index contributed by atoms with van der Waals surface area (Å²) in [5.74, 6) is -2.65. The van der Waals surface area contributed by atoms with E-state index in [4.69, 9.17) is 19.2 Å². The fourth-order valence-corrected chi connectivity index (χ4v) is 7.79. The number of amides is 2. The molecule has 3 aromatic carbocycles. The van der Waals surface area contributed by atoms with E-state index in [-0.39, 0.29) is 103 Å². The SMILES string of the molecule is CC(C)C(NC(=O)OCc1ccccc1)C(O)=C1C(=O)CC(C)(C)CC1=O.COC(=O)[C@H](Cc1ccccc1)N=C(C1=C(O)CC(C)(C)CC1=O)C(NC(=O)OCc1ccccc1)C(C)C. The smallest absolute Gasteiger partial charge is 0.408 e. The van der Waals surface area contributed by atoms with Gasteiger partial charge in [-0.05, 0) is 39.4 Å². The number of alkyl carbamates (subject to hydrolysis) is 2. The van der Waals surface area contributed by atoms with Crippen molar-refractivity contribution >= 4 is 41.2 Å². The van der Waals surface area contributed by atoms with Gasteiger partial charge in [0.05, 0.1) is 30.5 Å². The van der Waals surface area contributed by atoms with Gasteiger partial charge in [0.1, 0.15) is 30.3 Å². The first-order chi connectivity index (χ1) is 31.1. The van der Waals surface area contributed by atoms with Crippen LogP contribution in [-0.4, -0.2) is 76.7 Å². The molecular formula is C52H65N3O11. The fraction of sp³-hybridized carbons (Fsp3) is 0.442. The van der Waals surface area contributed by atoms with E-state index in [1.54, 1.807) is 13.8 Å². The van der Waals surface area contributed by atoms with Crippen molar-refractivity contribution in [2.45, 2.75) is 119 Å². The molecule has 14 nitrogen and oxygen atoms in total. The van der Waals surface area contributed by atoms with E-state index in [0.29, 0.717) is 0 Å². The Morgan fingerprint density at radius 3 is 1.47 bits per heavy atom. The first kappa shape index (κ1) is 52.1. The third kappa shape index (κ3) is 15.3. The number of nitrogens with one attached hydrogen (secondary N) is 2. The molecule has 0 heterocycles. The summed E-state index contributed by atoms with van der Waals surface area (Å²) in [5.41, 5.74) is 1.63. The van der Waals surface area contributed by atoms with Crippen LogP contribution in [-0.2, 0) is 53.0 Å². The number of aliphatic hydroxyl groups excluding tert-OH is 2. The first-order valence-corrected chi connectivity index (χ1v) is 22.2. The second-order valence-corrected chi connectivity index (χ2v) is 19.0. The van der Waals surface area contributed by atoms with Crippen molar-refractivity contribution in [2.24, 2.45) is 27.7 Å². The number of allylic oxidation sites excluding steroid dienone is 2. The fourth-order valence-electron chi connectivity index (χ4n) is 7.79. The Balaban J connectivity index is 0.000000309. The number of aliphatic imine (C=N–C) groups is 1. The Bertz CT molecular complexity index is 2260. The van der Waals surface area contributed by atoms with Gasteiger partial charge in [-0.1, -0.05) is 146 Å². The molecule has 0 bridgehead atoms. The van der Waals surface area contributed by atoms with Gasteiger partial charge in [-0.3, -0.25) is 19.4 Å². The molecule has 66 heavy (non-hydrogen) atoms. The number of aliphatic hydroxyl groups is 2. The van der Waals surface area contributed by atoms with Gasteiger partial charge in [-0.2, -0.15) is 0 Å². The van der Waals surface area contributed by atoms with Crippen LogP contribution in [0.25, 0.3) is 0 Å². The average Bonchev–Trinajstić information content (AvgIpc) is 3.24. The van der Waals surface area contributed by atoms with Gasteiger partial charge in [0.25, 0.3) is 0 Å². The molecule has 0 aliphatic heterocycles. The van der Waals surface area contributed by atoms with Crippen LogP contribution in [0.5, 0.6) is 0 Å². The maximum absolute atomic E-state index is 13.4.